The molecular formula is C16H10F2O3S. The van der Waals surface area contributed by atoms with E-state index in [-0.39, 0.29) is 10.6 Å². The molecule has 0 unspecified atom stereocenters. The molecule has 1 N–H and O–H groups in total. The van der Waals surface area contributed by atoms with Crippen molar-refractivity contribution in [3.8, 4) is 16.9 Å². The van der Waals surface area contributed by atoms with Crippen molar-refractivity contribution in [2.75, 3.05) is 7.11 Å². The van der Waals surface area contributed by atoms with Crippen molar-refractivity contribution in [3.63, 3.8) is 0 Å². The van der Waals surface area contributed by atoms with E-state index in [1.54, 1.807) is 6.07 Å². The fourth-order valence-electron chi connectivity index (χ4n) is 2.33. The smallest absolute Gasteiger partial charge is 0.346 e. The minimum absolute atomic E-state index is 0.0465. The normalized spacial score (nSPS) is 10.9. The molecule has 0 aliphatic heterocycles. The highest BCUT2D eigenvalue weighted by molar-refractivity contribution is 7.21. The van der Waals surface area contributed by atoms with Crippen LogP contribution < -0.4 is 4.74 Å². The Balaban J connectivity index is 2.31. The van der Waals surface area contributed by atoms with E-state index in [0.29, 0.717) is 21.2 Å². The average Bonchev–Trinajstić information content (AvgIpc) is 2.85. The summed E-state index contributed by atoms with van der Waals surface area (Å²) >= 11 is 0.964. The van der Waals surface area contributed by atoms with Gasteiger partial charge in [-0.05, 0) is 35.9 Å². The van der Waals surface area contributed by atoms with Gasteiger partial charge < -0.3 is 9.84 Å². The first-order valence-corrected chi connectivity index (χ1v) is 7.12. The number of aromatic carboxylic acids is 1. The maximum atomic E-state index is 13.9. The van der Waals surface area contributed by atoms with Crippen molar-refractivity contribution in [1.82, 2.24) is 0 Å². The minimum atomic E-state index is -1.13. The Bertz CT molecular complexity index is 886. The van der Waals surface area contributed by atoms with Crippen LogP contribution in [0.25, 0.3) is 21.2 Å². The van der Waals surface area contributed by atoms with Crippen LogP contribution in [-0.2, 0) is 0 Å². The highest BCUT2D eigenvalue weighted by atomic mass is 32.1. The number of benzene rings is 2. The van der Waals surface area contributed by atoms with Gasteiger partial charge in [-0.15, -0.1) is 11.3 Å². The van der Waals surface area contributed by atoms with Crippen LogP contribution in [0, 0.1) is 11.6 Å². The number of rotatable bonds is 3. The topological polar surface area (TPSA) is 46.5 Å². The number of carboxylic acid groups (broad SMARTS) is 1. The number of hydrogen-bond acceptors (Lipinski definition) is 3. The third-order valence-electron chi connectivity index (χ3n) is 3.29. The molecule has 0 aliphatic carbocycles. The molecule has 3 aromatic rings. The Morgan fingerprint density at radius 1 is 1.18 bits per heavy atom. The predicted molar refractivity (Wildman–Crippen MR) is 80.7 cm³/mol. The monoisotopic (exact) mass is 320 g/mol. The first-order chi connectivity index (χ1) is 10.5. The van der Waals surface area contributed by atoms with E-state index in [2.05, 4.69) is 0 Å². The molecule has 0 bridgehead atoms. The largest absolute Gasteiger partial charge is 0.494 e. The van der Waals surface area contributed by atoms with Crippen molar-refractivity contribution in [1.29, 1.82) is 0 Å². The summed E-state index contributed by atoms with van der Waals surface area (Å²) in [6.07, 6.45) is 0. The molecule has 0 saturated carbocycles. The molecule has 112 valence electrons. The summed E-state index contributed by atoms with van der Waals surface area (Å²) in [6, 6.07) is 8.27. The van der Waals surface area contributed by atoms with Gasteiger partial charge in [0.1, 0.15) is 10.7 Å². The van der Waals surface area contributed by atoms with Crippen LogP contribution in [0.1, 0.15) is 9.67 Å². The van der Waals surface area contributed by atoms with Gasteiger partial charge in [0.15, 0.2) is 11.6 Å². The number of ether oxygens (including phenoxy) is 1. The summed E-state index contributed by atoms with van der Waals surface area (Å²) in [5, 5.41) is 9.94. The van der Waals surface area contributed by atoms with Gasteiger partial charge in [0.05, 0.1) is 7.11 Å². The second kappa shape index (κ2) is 5.38. The van der Waals surface area contributed by atoms with E-state index < -0.39 is 17.6 Å². The second-order valence-electron chi connectivity index (χ2n) is 4.60. The Labute approximate surface area is 128 Å². The number of carbonyl (C=O) groups is 1. The molecule has 1 aromatic heterocycles. The van der Waals surface area contributed by atoms with E-state index in [0.717, 1.165) is 11.3 Å². The number of methoxy groups -OCH3 is 1. The molecule has 0 aliphatic rings. The molecule has 1 heterocycles. The minimum Gasteiger partial charge on any atom is -0.494 e. The quantitative estimate of drug-likeness (QED) is 0.770. The maximum Gasteiger partial charge on any atom is 0.346 e. The molecule has 3 rings (SSSR count). The molecule has 0 spiro atoms. The zero-order valence-corrected chi connectivity index (χ0v) is 12.2. The lowest BCUT2D eigenvalue weighted by Crippen LogP contribution is -1.95. The Kier molecular flexibility index (Phi) is 3.54. The summed E-state index contributed by atoms with van der Waals surface area (Å²) < 4.78 is 32.6. The fraction of sp³-hybridized carbons (Fsp3) is 0.0625. The lowest BCUT2D eigenvalue weighted by molar-refractivity contribution is 0.0703. The average molecular weight is 320 g/mol. The predicted octanol–water partition coefficient (Wildman–Crippen LogP) is 4.55. The number of thiophene rings is 1. The second-order valence-corrected chi connectivity index (χ2v) is 5.65. The highest BCUT2D eigenvalue weighted by Gasteiger charge is 2.20. The molecule has 0 saturated heterocycles. The zero-order chi connectivity index (χ0) is 15.9. The van der Waals surface area contributed by atoms with Crippen LogP contribution in [0.5, 0.6) is 5.75 Å². The van der Waals surface area contributed by atoms with Crippen LogP contribution in [0.4, 0.5) is 8.78 Å². The van der Waals surface area contributed by atoms with Crippen LogP contribution in [-0.4, -0.2) is 18.2 Å². The van der Waals surface area contributed by atoms with Gasteiger partial charge in [0, 0.05) is 15.6 Å². The lowest BCUT2D eigenvalue weighted by Gasteiger charge is -2.06. The van der Waals surface area contributed by atoms with Gasteiger partial charge in [-0.2, -0.15) is 0 Å². The molecule has 3 nitrogen and oxygen atoms in total. The number of fused-ring (bicyclic) bond motifs is 1. The van der Waals surface area contributed by atoms with Gasteiger partial charge in [-0.3, -0.25) is 0 Å². The summed E-state index contributed by atoms with van der Waals surface area (Å²) in [7, 11) is 1.35. The molecule has 0 atom stereocenters. The van der Waals surface area contributed by atoms with Crippen molar-refractivity contribution in [3.05, 3.63) is 52.9 Å². The number of halogens is 2. The summed E-state index contributed by atoms with van der Waals surface area (Å²) in [6.45, 7) is 0. The van der Waals surface area contributed by atoms with E-state index in [9.17, 15) is 18.7 Å². The highest BCUT2D eigenvalue weighted by Crippen LogP contribution is 2.40. The maximum absolute atomic E-state index is 13.9. The van der Waals surface area contributed by atoms with Gasteiger partial charge in [-0.1, -0.05) is 6.07 Å². The summed E-state index contributed by atoms with van der Waals surface area (Å²) in [5.41, 5.74) is 0.794. The van der Waals surface area contributed by atoms with E-state index in [1.165, 1.54) is 37.4 Å². The van der Waals surface area contributed by atoms with Crippen LogP contribution in [0.15, 0.2) is 36.4 Å². The van der Waals surface area contributed by atoms with Crippen LogP contribution in [0.3, 0.4) is 0 Å². The van der Waals surface area contributed by atoms with Crippen LogP contribution >= 0.6 is 11.3 Å². The number of carboxylic acids is 1. The van der Waals surface area contributed by atoms with Gasteiger partial charge in [0.25, 0.3) is 0 Å². The first-order valence-electron chi connectivity index (χ1n) is 6.30. The van der Waals surface area contributed by atoms with Gasteiger partial charge >= 0.3 is 5.97 Å². The third kappa shape index (κ3) is 2.31. The summed E-state index contributed by atoms with van der Waals surface area (Å²) in [4.78, 5) is 11.5. The van der Waals surface area contributed by atoms with E-state index >= 15 is 0 Å². The molecule has 22 heavy (non-hydrogen) atoms. The standard InChI is InChI=1S/C16H10F2O3S/c1-21-12-5-2-8(6-11(12)18)14-10-4-3-9(17)7-13(10)22-15(14)16(19)20/h2-7H,1H3,(H,19,20). The van der Waals surface area contributed by atoms with Crippen molar-refractivity contribution < 1.29 is 23.4 Å². The lowest BCUT2D eigenvalue weighted by atomic mass is 10.0. The van der Waals surface area contributed by atoms with Gasteiger partial charge in [-0.25, -0.2) is 13.6 Å². The fourth-order valence-corrected chi connectivity index (χ4v) is 3.42. The van der Waals surface area contributed by atoms with E-state index in [4.69, 9.17) is 4.74 Å². The van der Waals surface area contributed by atoms with Crippen molar-refractivity contribution >= 4 is 27.4 Å². The Morgan fingerprint density at radius 3 is 2.59 bits per heavy atom. The van der Waals surface area contributed by atoms with E-state index in [1.807, 2.05) is 0 Å². The molecule has 0 amide bonds. The van der Waals surface area contributed by atoms with Crippen molar-refractivity contribution in [2.45, 2.75) is 0 Å². The molecule has 6 heteroatoms. The van der Waals surface area contributed by atoms with Crippen LogP contribution in [0.2, 0.25) is 0 Å². The molecule has 2 aromatic carbocycles. The van der Waals surface area contributed by atoms with Gasteiger partial charge in [0.2, 0.25) is 0 Å². The Morgan fingerprint density at radius 2 is 1.95 bits per heavy atom. The van der Waals surface area contributed by atoms with Crippen molar-refractivity contribution in [2.24, 2.45) is 0 Å². The zero-order valence-electron chi connectivity index (χ0n) is 11.4. The first kappa shape index (κ1) is 14.5. The SMILES string of the molecule is COc1ccc(-c2c(C(=O)O)sc3cc(F)ccc23)cc1F. The summed E-state index contributed by atoms with van der Waals surface area (Å²) in [5.74, 6) is -2.09. The molecular weight excluding hydrogens is 310 g/mol. The third-order valence-corrected chi connectivity index (χ3v) is 4.43. The molecule has 0 fully saturated rings. The number of hydrogen-bond donors (Lipinski definition) is 1. The Hall–Kier alpha value is -2.47. The molecule has 0 radical (unpaired) electrons.